The topological polar surface area (TPSA) is 230 Å². The molecule has 0 aromatic heterocycles. The van der Waals surface area contributed by atoms with Crippen LogP contribution in [0.2, 0.25) is 0 Å². The van der Waals surface area contributed by atoms with E-state index in [9.17, 15) is 40.2 Å². The number of hydrogen-bond donors (Lipinski definition) is 8. The Morgan fingerprint density at radius 3 is 2.02 bits per heavy atom. The van der Waals surface area contributed by atoms with E-state index in [0.717, 1.165) is 25.7 Å². The van der Waals surface area contributed by atoms with Crippen molar-refractivity contribution in [2.45, 2.75) is 152 Å². The summed E-state index contributed by atoms with van der Waals surface area (Å²) >= 11 is 0. The first-order chi connectivity index (χ1) is 20.0. The Bertz CT molecular complexity index is 790. The first-order valence-corrected chi connectivity index (χ1v) is 15.2. The molecule has 2 saturated heterocycles. The molecule has 2 rings (SSSR count). The van der Waals surface area contributed by atoms with E-state index in [1.54, 1.807) is 0 Å². The third-order valence-electron chi connectivity index (χ3n) is 7.79. The van der Waals surface area contributed by atoms with Crippen molar-refractivity contribution in [1.82, 2.24) is 5.32 Å². The molecule has 2 aliphatic heterocycles. The molecule has 0 aliphatic carbocycles. The van der Waals surface area contributed by atoms with Gasteiger partial charge in [-0.05, 0) is 12.8 Å². The molecular weight excluding hydrogens is 556 g/mol. The van der Waals surface area contributed by atoms with Crippen molar-refractivity contribution >= 4 is 11.9 Å². The number of nitrogens with two attached hydrogens (primary N) is 1. The lowest BCUT2D eigenvalue weighted by molar-refractivity contribution is -0.325. The van der Waals surface area contributed by atoms with Crippen molar-refractivity contribution in [3.63, 3.8) is 0 Å². The molecule has 0 bridgehead atoms. The minimum absolute atomic E-state index is 0.208. The molecule has 42 heavy (non-hydrogen) atoms. The molecule has 11 atom stereocenters. The highest BCUT2D eigenvalue weighted by molar-refractivity contribution is 5.77. The Labute approximate surface area is 247 Å². The molecule has 246 valence electrons. The van der Waals surface area contributed by atoms with Crippen molar-refractivity contribution in [2.24, 2.45) is 5.73 Å². The first kappa shape index (κ1) is 36.7. The van der Waals surface area contributed by atoms with Crippen LogP contribution in [0.5, 0.6) is 0 Å². The second-order valence-corrected chi connectivity index (χ2v) is 11.3. The third-order valence-corrected chi connectivity index (χ3v) is 7.79. The fourth-order valence-electron chi connectivity index (χ4n) is 5.36. The summed E-state index contributed by atoms with van der Waals surface area (Å²) in [6, 6.07) is -2.69. The molecule has 1 amide bonds. The number of hydrogen-bond acceptors (Lipinski definition) is 13. The average molecular weight is 609 g/mol. The Hall–Kier alpha value is -1.46. The molecule has 0 aromatic rings. The zero-order valence-corrected chi connectivity index (χ0v) is 24.8. The second-order valence-electron chi connectivity index (χ2n) is 11.3. The van der Waals surface area contributed by atoms with Gasteiger partial charge >= 0.3 is 5.97 Å². The number of aliphatic hydroxyl groups is 6. The van der Waals surface area contributed by atoms with Crippen molar-refractivity contribution in [2.75, 3.05) is 13.2 Å². The molecule has 2 aliphatic rings. The van der Waals surface area contributed by atoms with Crippen molar-refractivity contribution < 1.29 is 59.2 Å². The van der Waals surface area contributed by atoms with Crippen LogP contribution in [0.3, 0.4) is 0 Å². The number of unbranched alkanes of at least 4 members (excludes halogenated alkanes) is 8. The molecule has 2 heterocycles. The first-order valence-electron chi connectivity index (χ1n) is 15.2. The molecule has 0 saturated carbocycles. The van der Waals surface area contributed by atoms with Crippen LogP contribution in [-0.2, 0) is 28.5 Å². The van der Waals surface area contributed by atoms with E-state index in [-0.39, 0.29) is 6.42 Å². The summed E-state index contributed by atoms with van der Waals surface area (Å²) in [5.41, 5.74) is 5.92. The minimum Gasteiger partial charge on any atom is -0.462 e. The predicted octanol–water partition coefficient (Wildman–Crippen LogP) is -1.06. The van der Waals surface area contributed by atoms with Crippen LogP contribution in [-0.4, -0.2) is 123 Å². The highest BCUT2D eigenvalue weighted by Gasteiger charge is 2.50. The van der Waals surface area contributed by atoms with Gasteiger partial charge in [0.1, 0.15) is 48.8 Å². The quantitative estimate of drug-likeness (QED) is 0.0686. The van der Waals surface area contributed by atoms with E-state index in [0.29, 0.717) is 6.42 Å². The molecular formula is C28H52N2O12. The van der Waals surface area contributed by atoms with Crippen LogP contribution < -0.4 is 11.1 Å². The van der Waals surface area contributed by atoms with E-state index in [1.165, 1.54) is 39.0 Å². The SMILES string of the molecule is CCCCCCCCCCCC(CC(=O)N[C@H]1C(O)O[C@H](CO)[C@@H](O[C@@H]2O[C@H](CO)[C@@H](O)[C@H](O)[C@H]2N)[C@@H]1O)OC(C)=O. The number of ether oxygens (including phenoxy) is 4. The molecule has 9 N–H and O–H groups in total. The van der Waals surface area contributed by atoms with Gasteiger partial charge in [0.2, 0.25) is 5.91 Å². The van der Waals surface area contributed by atoms with E-state index in [4.69, 9.17) is 24.7 Å². The number of carbonyl (C=O) groups excluding carboxylic acids is 2. The summed E-state index contributed by atoms with van der Waals surface area (Å²) in [7, 11) is 0. The predicted molar refractivity (Wildman–Crippen MR) is 149 cm³/mol. The van der Waals surface area contributed by atoms with E-state index in [1.807, 2.05) is 0 Å². The zero-order valence-electron chi connectivity index (χ0n) is 24.8. The van der Waals surface area contributed by atoms with E-state index >= 15 is 0 Å². The Kier molecular flexibility index (Phi) is 16.7. The highest BCUT2D eigenvalue weighted by Crippen LogP contribution is 2.28. The maximum absolute atomic E-state index is 12.9. The number of amides is 1. The molecule has 14 nitrogen and oxygen atoms in total. The lowest BCUT2D eigenvalue weighted by Crippen LogP contribution is -2.68. The standard InChI is InChI=1S/C28H52N2O12/c1-3-4-5-6-7-8-9-10-11-12-17(39-16(2)33)13-20(34)30-22-25(37)26(19(15-32)40-27(22)38)42-28-21(29)24(36)23(35)18(14-31)41-28/h17-19,21-28,31-32,35-38H,3-15,29H2,1-2H3,(H,30,34)/t17?,18-,19-,21-,22-,23-,24-,25-,26-,27?,28+/m1/s1. The van der Waals surface area contributed by atoms with Gasteiger partial charge in [-0.1, -0.05) is 58.3 Å². The highest BCUT2D eigenvalue weighted by atomic mass is 16.7. The maximum atomic E-state index is 12.9. The fraction of sp³-hybridized carbons (Fsp3) is 0.929. The summed E-state index contributed by atoms with van der Waals surface area (Å²) in [5, 5.41) is 63.5. The molecule has 2 fully saturated rings. The number of esters is 1. The lowest BCUT2D eigenvalue weighted by atomic mass is 9.95. The smallest absolute Gasteiger partial charge is 0.302 e. The summed E-state index contributed by atoms with van der Waals surface area (Å²) in [4.78, 5) is 24.6. The molecule has 2 unspecified atom stereocenters. The van der Waals surface area contributed by atoms with Crippen LogP contribution in [0.1, 0.15) is 84.5 Å². The Morgan fingerprint density at radius 2 is 1.45 bits per heavy atom. The number of nitrogens with one attached hydrogen (secondary N) is 1. The van der Waals surface area contributed by atoms with Gasteiger partial charge in [0.25, 0.3) is 0 Å². The second kappa shape index (κ2) is 19.0. The van der Waals surface area contributed by atoms with Gasteiger partial charge in [-0.2, -0.15) is 0 Å². The zero-order chi connectivity index (χ0) is 31.2. The Morgan fingerprint density at radius 1 is 0.857 bits per heavy atom. The van der Waals surface area contributed by atoms with Crippen LogP contribution in [0, 0.1) is 0 Å². The van der Waals surface area contributed by atoms with Crippen LogP contribution >= 0.6 is 0 Å². The number of rotatable bonds is 18. The van der Waals surface area contributed by atoms with Crippen molar-refractivity contribution in [1.29, 1.82) is 0 Å². The van der Waals surface area contributed by atoms with Gasteiger partial charge in [0.15, 0.2) is 12.6 Å². The van der Waals surface area contributed by atoms with Gasteiger partial charge < -0.3 is 60.6 Å². The fourth-order valence-corrected chi connectivity index (χ4v) is 5.36. The largest absolute Gasteiger partial charge is 0.462 e. The summed E-state index contributed by atoms with van der Waals surface area (Å²) < 4.78 is 21.9. The monoisotopic (exact) mass is 608 g/mol. The van der Waals surface area contributed by atoms with Gasteiger partial charge in [0.05, 0.1) is 25.7 Å². The van der Waals surface area contributed by atoms with Crippen molar-refractivity contribution in [3.8, 4) is 0 Å². The van der Waals surface area contributed by atoms with Crippen LogP contribution in [0.4, 0.5) is 0 Å². The molecule has 0 spiro atoms. The van der Waals surface area contributed by atoms with Gasteiger partial charge in [0, 0.05) is 6.92 Å². The molecule has 14 heteroatoms. The van der Waals surface area contributed by atoms with Crippen LogP contribution in [0.25, 0.3) is 0 Å². The average Bonchev–Trinajstić information content (AvgIpc) is 2.95. The molecule has 0 radical (unpaired) electrons. The third kappa shape index (κ3) is 11.2. The van der Waals surface area contributed by atoms with Gasteiger partial charge in [-0.25, -0.2) is 0 Å². The summed E-state index contributed by atoms with van der Waals surface area (Å²) in [6.45, 7) is 2.10. The summed E-state index contributed by atoms with van der Waals surface area (Å²) in [5.74, 6) is -1.14. The maximum Gasteiger partial charge on any atom is 0.302 e. The van der Waals surface area contributed by atoms with Crippen molar-refractivity contribution in [3.05, 3.63) is 0 Å². The van der Waals surface area contributed by atoms with Crippen LogP contribution in [0.15, 0.2) is 0 Å². The normalized spacial score (nSPS) is 34.1. The Balaban J connectivity index is 1.94. The van der Waals surface area contributed by atoms with E-state index in [2.05, 4.69) is 12.2 Å². The summed E-state index contributed by atoms with van der Waals surface area (Å²) in [6.07, 6.45) is -2.09. The van der Waals surface area contributed by atoms with E-state index < -0.39 is 92.5 Å². The lowest BCUT2D eigenvalue weighted by Gasteiger charge is -2.46. The molecule has 0 aromatic carbocycles. The number of carbonyl (C=O) groups is 2. The van der Waals surface area contributed by atoms with Gasteiger partial charge in [-0.15, -0.1) is 0 Å². The minimum atomic E-state index is -1.72. The number of aliphatic hydroxyl groups excluding tert-OH is 6. The van der Waals surface area contributed by atoms with Gasteiger partial charge in [-0.3, -0.25) is 9.59 Å².